The number of likely N-dealkylation sites (N-methyl/N-ethyl adjacent to an activating group) is 1. The van der Waals surface area contributed by atoms with Crippen molar-refractivity contribution in [1.29, 1.82) is 0 Å². The number of hydrogen-bond acceptors (Lipinski definition) is 3. The third-order valence-electron chi connectivity index (χ3n) is 3.05. The van der Waals surface area contributed by atoms with Gasteiger partial charge in [0.1, 0.15) is 0 Å². The van der Waals surface area contributed by atoms with Gasteiger partial charge in [0.25, 0.3) is 0 Å². The van der Waals surface area contributed by atoms with Crippen molar-refractivity contribution in [2.75, 3.05) is 20.1 Å². The predicted octanol–water partition coefficient (Wildman–Crippen LogP) is 0.189. The Hall–Kier alpha value is -1.39. The van der Waals surface area contributed by atoms with E-state index in [4.69, 9.17) is 5.73 Å². The summed E-state index contributed by atoms with van der Waals surface area (Å²) in [5, 5.41) is 3.25. The van der Waals surface area contributed by atoms with Gasteiger partial charge in [-0.15, -0.1) is 0 Å². The van der Waals surface area contributed by atoms with Gasteiger partial charge in [-0.1, -0.05) is 12.1 Å². The van der Waals surface area contributed by atoms with Gasteiger partial charge in [-0.25, -0.2) is 0 Å². The number of nitrogens with zero attached hydrogens (tertiary/aromatic N) is 1. The highest BCUT2D eigenvalue weighted by Gasteiger charge is 2.21. The van der Waals surface area contributed by atoms with Crippen LogP contribution in [0.5, 0.6) is 0 Å². The van der Waals surface area contributed by atoms with Crippen LogP contribution in [0.1, 0.15) is 15.9 Å². The molecule has 0 unspecified atom stereocenters. The summed E-state index contributed by atoms with van der Waals surface area (Å²) in [6, 6.07) is 8.12. The zero-order valence-corrected chi connectivity index (χ0v) is 9.44. The van der Waals surface area contributed by atoms with Crippen molar-refractivity contribution in [2.45, 2.75) is 12.6 Å². The quantitative estimate of drug-likeness (QED) is 0.760. The van der Waals surface area contributed by atoms with Crippen LogP contribution in [-0.2, 0) is 6.54 Å². The van der Waals surface area contributed by atoms with Crippen LogP contribution in [0.15, 0.2) is 24.3 Å². The van der Waals surface area contributed by atoms with Crippen molar-refractivity contribution in [1.82, 2.24) is 10.2 Å². The highest BCUT2D eigenvalue weighted by molar-refractivity contribution is 5.92. The first kappa shape index (κ1) is 11.1. The van der Waals surface area contributed by atoms with Crippen molar-refractivity contribution in [3.8, 4) is 0 Å². The summed E-state index contributed by atoms with van der Waals surface area (Å²) < 4.78 is 0. The lowest BCUT2D eigenvalue weighted by Gasteiger charge is -2.35. The number of nitrogens with two attached hydrogens (primary N) is 1. The second-order valence-electron chi connectivity index (χ2n) is 4.29. The van der Waals surface area contributed by atoms with Gasteiger partial charge < -0.3 is 11.1 Å². The predicted molar refractivity (Wildman–Crippen MR) is 63.1 cm³/mol. The molecule has 4 nitrogen and oxygen atoms in total. The van der Waals surface area contributed by atoms with Crippen LogP contribution in [0.2, 0.25) is 0 Å². The van der Waals surface area contributed by atoms with E-state index in [1.54, 1.807) is 12.1 Å². The molecule has 0 radical (unpaired) electrons. The molecule has 2 rings (SSSR count). The third-order valence-corrected chi connectivity index (χ3v) is 3.05. The smallest absolute Gasteiger partial charge is 0.248 e. The maximum absolute atomic E-state index is 10.9. The van der Waals surface area contributed by atoms with E-state index in [1.807, 2.05) is 12.1 Å². The van der Waals surface area contributed by atoms with Crippen molar-refractivity contribution < 1.29 is 4.79 Å². The molecule has 0 aromatic heterocycles. The molecule has 3 N–H and O–H groups in total. The number of rotatable bonds is 4. The van der Waals surface area contributed by atoms with Crippen molar-refractivity contribution in [2.24, 2.45) is 5.73 Å². The molecule has 86 valence electrons. The number of hydrogen-bond donors (Lipinski definition) is 2. The Morgan fingerprint density at radius 3 is 2.50 bits per heavy atom. The molecule has 1 aliphatic heterocycles. The van der Waals surface area contributed by atoms with E-state index in [9.17, 15) is 4.79 Å². The van der Waals surface area contributed by atoms with Crippen LogP contribution in [0.25, 0.3) is 0 Å². The first-order valence-electron chi connectivity index (χ1n) is 5.46. The zero-order chi connectivity index (χ0) is 11.5. The third kappa shape index (κ3) is 2.40. The maximum Gasteiger partial charge on any atom is 0.248 e. The fraction of sp³-hybridized carbons (Fsp3) is 0.417. The van der Waals surface area contributed by atoms with Crippen LogP contribution < -0.4 is 11.1 Å². The summed E-state index contributed by atoms with van der Waals surface area (Å²) in [7, 11) is 2.12. The lowest BCUT2D eigenvalue weighted by atomic mass is 10.1. The van der Waals surface area contributed by atoms with Crippen LogP contribution in [0.3, 0.4) is 0 Å². The Kier molecular flexibility index (Phi) is 3.22. The van der Waals surface area contributed by atoms with E-state index in [0.29, 0.717) is 11.6 Å². The Labute approximate surface area is 95.4 Å². The number of carbonyl (C=O) groups excluding carboxylic acids is 1. The van der Waals surface area contributed by atoms with Crippen LogP contribution >= 0.6 is 0 Å². The number of carbonyl (C=O) groups is 1. The number of nitrogens with one attached hydrogen (secondary N) is 1. The molecule has 0 aliphatic carbocycles. The van der Waals surface area contributed by atoms with E-state index in [2.05, 4.69) is 17.3 Å². The molecule has 1 heterocycles. The van der Waals surface area contributed by atoms with Gasteiger partial charge in [0, 0.05) is 31.2 Å². The van der Waals surface area contributed by atoms with E-state index in [0.717, 1.165) is 19.6 Å². The second kappa shape index (κ2) is 4.63. The summed E-state index contributed by atoms with van der Waals surface area (Å²) in [6.07, 6.45) is 0. The minimum absolute atomic E-state index is 0.372. The Morgan fingerprint density at radius 2 is 2.06 bits per heavy atom. The standard InChI is InChI=1S/C12H17N3O/c1-15(11-6-14-7-11)8-9-2-4-10(5-3-9)12(13)16/h2-5,11,14H,6-8H2,1H3,(H2,13,16). The molecule has 1 saturated heterocycles. The summed E-state index contributed by atoms with van der Waals surface area (Å²) in [5.41, 5.74) is 6.96. The molecule has 0 spiro atoms. The topological polar surface area (TPSA) is 58.4 Å². The molecule has 16 heavy (non-hydrogen) atoms. The van der Waals surface area contributed by atoms with Crippen LogP contribution in [-0.4, -0.2) is 37.0 Å². The Bertz CT molecular complexity index is 370. The highest BCUT2D eigenvalue weighted by Crippen LogP contribution is 2.10. The molecular formula is C12H17N3O. The molecule has 0 bridgehead atoms. The summed E-state index contributed by atoms with van der Waals surface area (Å²) in [5.74, 6) is -0.372. The molecule has 1 fully saturated rings. The van der Waals surface area contributed by atoms with Crippen molar-refractivity contribution in [3.63, 3.8) is 0 Å². The molecule has 1 aromatic carbocycles. The van der Waals surface area contributed by atoms with E-state index in [-0.39, 0.29) is 5.91 Å². The summed E-state index contributed by atoms with van der Waals surface area (Å²) in [6.45, 7) is 3.04. The molecule has 1 aliphatic rings. The maximum atomic E-state index is 10.9. The zero-order valence-electron chi connectivity index (χ0n) is 9.44. The monoisotopic (exact) mass is 219 g/mol. The molecular weight excluding hydrogens is 202 g/mol. The first-order chi connectivity index (χ1) is 7.66. The van der Waals surface area contributed by atoms with Gasteiger partial charge in [0.2, 0.25) is 5.91 Å². The average Bonchev–Trinajstić information content (AvgIpc) is 2.15. The lowest BCUT2D eigenvalue weighted by Crippen LogP contribution is -2.55. The van der Waals surface area contributed by atoms with Crippen LogP contribution in [0.4, 0.5) is 0 Å². The normalized spacial score (nSPS) is 16.1. The molecule has 4 heteroatoms. The number of amides is 1. The van der Waals surface area contributed by atoms with E-state index >= 15 is 0 Å². The van der Waals surface area contributed by atoms with Crippen molar-refractivity contribution >= 4 is 5.91 Å². The Balaban J connectivity index is 1.96. The summed E-state index contributed by atoms with van der Waals surface area (Å²) >= 11 is 0. The SMILES string of the molecule is CN(Cc1ccc(C(N)=O)cc1)C1CNC1. The summed E-state index contributed by atoms with van der Waals surface area (Å²) in [4.78, 5) is 13.2. The second-order valence-corrected chi connectivity index (χ2v) is 4.29. The van der Waals surface area contributed by atoms with Crippen molar-refractivity contribution in [3.05, 3.63) is 35.4 Å². The van der Waals surface area contributed by atoms with E-state index in [1.165, 1.54) is 5.56 Å². The largest absolute Gasteiger partial charge is 0.366 e. The minimum Gasteiger partial charge on any atom is -0.366 e. The first-order valence-corrected chi connectivity index (χ1v) is 5.46. The van der Waals surface area contributed by atoms with Gasteiger partial charge in [0.15, 0.2) is 0 Å². The molecule has 1 aromatic rings. The molecule has 0 atom stereocenters. The van der Waals surface area contributed by atoms with Gasteiger partial charge in [-0.2, -0.15) is 0 Å². The van der Waals surface area contributed by atoms with Gasteiger partial charge in [0.05, 0.1) is 0 Å². The fourth-order valence-corrected chi connectivity index (χ4v) is 1.78. The lowest BCUT2D eigenvalue weighted by molar-refractivity contribution is 0.100. The molecule has 0 saturated carbocycles. The van der Waals surface area contributed by atoms with Gasteiger partial charge in [-0.05, 0) is 24.7 Å². The average molecular weight is 219 g/mol. The van der Waals surface area contributed by atoms with E-state index < -0.39 is 0 Å². The number of primary amides is 1. The highest BCUT2D eigenvalue weighted by atomic mass is 16.1. The Morgan fingerprint density at radius 1 is 1.44 bits per heavy atom. The minimum atomic E-state index is -0.372. The number of benzene rings is 1. The fourth-order valence-electron chi connectivity index (χ4n) is 1.78. The van der Waals surface area contributed by atoms with Crippen LogP contribution in [0, 0.1) is 0 Å². The van der Waals surface area contributed by atoms with Gasteiger partial charge >= 0.3 is 0 Å². The molecule has 1 amide bonds. The van der Waals surface area contributed by atoms with Gasteiger partial charge in [-0.3, -0.25) is 9.69 Å².